The summed E-state index contributed by atoms with van der Waals surface area (Å²) in [5, 5.41) is 2.99. The van der Waals surface area contributed by atoms with E-state index in [9.17, 15) is 9.59 Å². The Morgan fingerprint density at radius 3 is 2.77 bits per heavy atom. The van der Waals surface area contributed by atoms with Crippen LogP contribution in [0.5, 0.6) is 0 Å². The van der Waals surface area contributed by atoms with E-state index in [2.05, 4.69) is 11.4 Å². The Bertz CT molecular complexity index is 560. The lowest BCUT2D eigenvalue weighted by Crippen LogP contribution is -2.25. The van der Waals surface area contributed by atoms with Crippen molar-refractivity contribution in [3.8, 4) is 0 Å². The average Bonchev–Trinajstić information content (AvgIpc) is 3.30. The predicted molar refractivity (Wildman–Crippen MR) is 88.5 cm³/mol. The van der Waals surface area contributed by atoms with Gasteiger partial charge in [-0.3, -0.25) is 9.59 Å². The summed E-state index contributed by atoms with van der Waals surface area (Å²) in [7, 11) is 3.55. The van der Waals surface area contributed by atoms with Crippen LogP contribution >= 0.6 is 0 Å². The molecule has 1 aromatic carbocycles. The molecule has 1 aliphatic carbocycles. The van der Waals surface area contributed by atoms with E-state index in [1.165, 1.54) is 0 Å². The second kappa shape index (κ2) is 7.78. The van der Waals surface area contributed by atoms with E-state index in [0.29, 0.717) is 18.0 Å². The molecule has 0 saturated heterocycles. The number of unbranched alkanes of at least 4 members (excludes halogenated alkanes) is 1. The maximum atomic E-state index is 12.0. The molecule has 1 aliphatic rings. The van der Waals surface area contributed by atoms with Gasteiger partial charge in [-0.25, -0.2) is 0 Å². The number of hydrogen-bond donors (Lipinski definition) is 1. The molecule has 0 unspecified atom stereocenters. The third-order valence-corrected chi connectivity index (χ3v) is 3.63. The lowest BCUT2D eigenvalue weighted by atomic mass is 10.1. The Morgan fingerprint density at radius 1 is 1.32 bits per heavy atom. The van der Waals surface area contributed by atoms with Crippen molar-refractivity contribution >= 4 is 17.9 Å². The second-order valence-electron chi connectivity index (χ2n) is 5.96. The van der Waals surface area contributed by atoms with Crippen LogP contribution in [0.15, 0.2) is 30.3 Å². The maximum absolute atomic E-state index is 12.0. The number of amides is 2. The van der Waals surface area contributed by atoms with Gasteiger partial charge < -0.3 is 10.2 Å². The summed E-state index contributed by atoms with van der Waals surface area (Å²) in [6.45, 7) is 0. The summed E-state index contributed by atoms with van der Waals surface area (Å²) in [5.74, 6) is 0.168. The summed E-state index contributed by atoms with van der Waals surface area (Å²) in [5.41, 5.74) is 1.72. The number of hydrogen-bond acceptors (Lipinski definition) is 2. The van der Waals surface area contributed by atoms with Crippen molar-refractivity contribution < 1.29 is 9.59 Å². The summed E-state index contributed by atoms with van der Waals surface area (Å²) in [6, 6.07) is 8.00. The number of nitrogens with zero attached hydrogens (tertiary/aromatic N) is 1. The Kier molecular flexibility index (Phi) is 5.75. The van der Waals surface area contributed by atoms with Gasteiger partial charge in [-0.15, -0.1) is 0 Å². The molecule has 1 fully saturated rings. The average molecular weight is 300 g/mol. The number of benzene rings is 1. The fourth-order valence-electron chi connectivity index (χ4n) is 2.09. The van der Waals surface area contributed by atoms with Crippen LogP contribution in [0.2, 0.25) is 0 Å². The van der Waals surface area contributed by atoms with Gasteiger partial charge in [0, 0.05) is 32.1 Å². The van der Waals surface area contributed by atoms with Gasteiger partial charge in [0.2, 0.25) is 5.91 Å². The molecule has 2 amide bonds. The predicted octanol–water partition coefficient (Wildman–Crippen LogP) is 2.85. The zero-order valence-electron chi connectivity index (χ0n) is 13.3. The Morgan fingerprint density at radius 2 is 2.09 bits per heavy atom. The summed E-state index contributed by atoms with van der Waals surface area (Å²) in [6.07, 6.45) is 8.53. The SMILES string of the molecule is CN(C)C(=O)CCC/C=C/c1cccc(C(=O)NC2CC2)c1. The Hall–Kier alpha value is -2.10. The van der Waals surface area contributed by atoms with E-state index >= 15 is 0 Å². The molecule has 118 valence electrons. The quantitative estimate of drug-likeness (QED) is 0.787. The van der Waals surface area contributed by atoms with E-state index in [1.54, 1.807) is 19.0 Å². The topological polar surface area (TPSA) is 49.4 Å². The van der Waals surface area contributed by atoms with Crippen molar-refractivity contribution in [3.63, 3.8) is 0 Å². The molecule has 2 rings (SSSR count). The van der Waals surface area contributed by atoms with Crippen molar-refractivity contribution in [2.24, 2.45) is 0 Å². The highest BCUT2D eigenvalue weighted by atomic mass is 16.2. The molecular weight excluding hydrogens is 276 g/mol. The van der Waals surface area contributed by atoms with Gasteiger partial charge in [-0.05, 0) is 43.4 Å². The van der Waals surface area contributed by atoms with Crippen LogP contribution in [0, 0.1) is 0 Å². The third-order valence-electron chi connectivity index (χ3n) is 3.63. The second-order valence-corrected chi connectivity index (χ2v) is 5.96. The van der Waals surface area contributed by atoms with E-state index in [4.69, 9.17) is 0 Å². The Balaban J connectivity index is 1.80. The first-order valence-corrected chi connectivity index (χ1v) is 7.84. The molecule has 0 heterocycles. The summed E-state index contributed by atoms with van der Waals surface area (Å²) >= 11 is 0. The zero-order valence-corrected chi connectivity index (χ0v) is 13.3. The number of allylic oxidation sites excluding steroid dienone is 1. The van der Waals surface area contributed by atoms with Crippen LogP contribution in [-0.2, 0) is 4.79 Å². The first-order valence-electron chi connectivity index (χ1n) is 7.84. The Labute approximate surface area is 132 Å². The number of nitrogens with one attached hydrogen (secondary N) is 1. The minimum Gasteiger partial charge on any atom is -0.349 e. The zero-order chi connectivity index (χ0) is 15.9. The molecule has 0 bridgehead atoms. The highest BCUT2D eigenvalue weighted by Gasteiger charge is 2.23. The molecule has 0 radical (unpaired) electrons. The van der Waals surface area contributed by atoms with E-state index in [0.717, 1.165) is 31.2 Å². The highest BCUT2D eigenvalue weighted by molar-refractivity contribution is 5.95. The van der Waals surface area contributed by atoms with Crippen molar-refractivity contribution in [2.45, 2.75) is 38.1 Å². The van der Waals surface area contributed by atoms with Crippen LogP contribution in [0.4, 0.5) is 0 Å². The van der Waals surface area contributed by atoms with Crippen LogP contribution in [0.3, 0.4) is 0 Å². The van der Waals surface area contributed by atoms with Crippen molar-refractivity contribution in [1.29, 1.82) is 0 Å². The molecule has 0 atom stereocenters. The van der Waals surface area contributed by atoms with E-state index in [1.807, 2.05) is 30.3 Å². The van der Waals surface area contributed by atoms with Gasteiger partial charge in [0.15, 0.2) is 0 Å². The van der Waals surface area contributed by atoms with Crippen LogP contribution in [0.25, 0.3) is 6.08 Å². The fraction of sp³-hybridized carbons (Fsp3) is 0.444. The van der Waals surface area contributed by atoms with Gasteiger partial charge >= 0.3 is 0 Å². The van der Waals surface area contributed by atoms with Gasteiger partial charge in [0.25, 0.3) is 5.91 Å². The maximum Gasteiger partial charge on any atom is 0.251 e. The molecule has 4 nitrogen and oxygen atoms in total. The lowest BCUT2D eigenvalue weighted by molar-refractivity contribution is -0.128. The largest absolute Gasteiger partial charge is 0.349 e. The van der Waals surface area contributed by atoms with E-state index in [-0.39, 0.29) is 11.8 Å². The third kappa shape index (κ3) is 5.35. The molecule has 1 aromatic rings. The molecule has 0 aromatic heterocycles. The minimum absolute atomic E-state index is 0.00864. The lowest BCUT2D eigenvalue weighted by Gasteiger charge is -2.08. The summed E-state index contributed by atoms with van der Waals surface area (Å²) in [4.78, 5) is 25.0. The normalized spacial score (nSPS) is 14.1. The number of carbonyl (C=O) groups excluding carboxylic acids is 2. The molecule has 1 saturated carbocycles. The van der Waals surface area contributed by atoms with E-state index < -0.39 is 0 Å². The first-order chi connectivity index (χ1) is 10.6. The molecule has 1 N–H and O–H groups in total. The molecule has 22 heavy (non-hydrogen) atoms. The fourth-order valence-corrected chi connectivity index (χ4v) is 2.09. The number of carbonyl (C=O) groups is 2. The van der Waals surface area contributed by atoms with Crippen LogP contribution in [-0.4, -0.2) is 36.9 Å². The van der Waals surface area contributed by atoms with Crippen molar-refractivity contribution in [2.75, 3.05) is 14.1 Å². The summed E-state index contributed by atoms with van der Waals surface area (Å²) < 4.78 is 0. The number of rotatable bonds is 7. The smallest absolute Gasteiger partial charge is 0.251 e. The highest BCUT2D eigenvalue weighted by Crippen LogP contribution is 2.19. The standard InChI is InChI=1S/C18H24N2O2/c1-20(2)17(21)10-5-3-4-7-14-8-6-9-15(13-14)18(22)19-16-11-12-16/h4,6-9,13,16H,3,5,10-12H2,1-2H3,(H,19,22)/b7-4+. The van der Waals surface area contributed by atoms with Crippen LogP contribution in [0.1, 0.15) is 48.0 Å². The van der Waals surface area contributed by atoms with Gasteiger partial charge in [-0.1, -0.05) is 24.3 Å². The first kappa shape index (κ1) is 16.3. The molecular formula is C18H24N2O2. The van der Waals surface area contributed by atoms with Crippen molar-refractivity contribution in [1.82, 2.24) is 10.2 Å². The minimum atomic E-state index is 0.00864. The van der Waals surface area contributed by atoms with Crippen LogP contribution < -0.4 is 5.32 Å². The molecule has 4 heteroatoms. The van der Waals surface area contributed by atoms with Gasteiger partial charge in [0.05, 0.1) is 0 Å². The van der Waals surface area contributed by atoms with Gasteiger partial charge in [-0.2, -0.15) is 0 Å². The molecule has 0 aliphatic heterocycles. The molecule has 0 spiro atoms. The monoisotopic (exact) mass is 300 g/mol. The van der Waals surface area contributed by atoms with Gasteiger partial charge in [0.1, 0.15) is 0 Å². The van der Waals surface area contributed by atoms with Crippen molar-refractivity contribution in [3.05, 3.63) is 41.5 Å².